The average molecular weight is 442 g/mol. The van der Waals surface area contributed by atoms with Crippen LogP contribution in [-0.4, -0.2) is 34.3 Å². The fraction of sp³-hybridized carbons (Fsp3) is 0.391. The molecule has 1 aliphatic rings. The van der Waals surface area contributed by atoms with Gasteiger partial charge in [-0.3, -0.25) is 4.79 Å². The van der Waals surface area contributed by atoms with Crippen molar-refractivity contribution in [3.8, 4) is 0 Å². The van der Waals surface area contributed by atoms with E-state index in [2.05, 4.69) is 39.6 Å². The maximum atomic E-state index is 12.8. The van der Waals surface area contributed by atoms with Crippen molar-refractivity contribution in [3.63, 3.8) is 0 Å². The number of ether oxygens (including phenoxy) is 1. The first-order valence-corrected chi connectivity index (χ1v) is 11.6. The number of thiophene rings is 1. The third-order valence-electron chi connectivity index (χ3n) is 5.47. The zero-order valence-corrected chi connectivity index (χ0v) is 19.0. The molecule has 0 radical (unpaired) electrons. The Bertz CT molecular complexity index is 1090. The number of nitrogens with one attached hydrogen (secondary N) is 2. The Labute approximate surface area is 186 Å². The monoisotopic (exact) mass is 441 g/mol. The largest absolute Gasteiger partial charge is 0.376 e. The molecule has 0 unspecified atom stereocenters. The molecule has 158 valence electrons. The van der Waals surface area contributed by atoms with Gasteiger partial charge in [-0.15, -0.1) is 11.3 Å². The zero-order valence-electron chi connectivity index (χ0n) is 17.4. The Hall–Kier alpha value is -2.22. The molecular formula is C23H27N3O2S2. The van der Waals surface area contributed by atoms with E-state index in [1.807, 2.05) is 25.1 Å². The number of aryl methyl sites for hydroxylation is 2. The van der Waals surface area contributed by atoms with E-state index < -0.39 is 0 Å². The van der Waals surface area contributed by atoms with Crippen molar-refractivity contribution < 1.29 is 4.74 Å². The van der Waals surface area contributed by atoms with Gasteiger partial charge < -0.3 is 19.9 Å². The van der Waals surface area contributed by atoms with E-state index in [1.54, 1.807) is 11.3 Å². The minimum Gasteiger partial charge on any atom is -0.376 e. The first-order valence-electron chi connectivity index (χ1n) is 10.3. The fourth-order valence-electron chi connectivity index (χ4n) is 3.95. The molecular weight excluding hydrogens is 414 g/mol. The molecule has 7 heteroatoms. The molecule has 0 saturated carbocycles. The molecule has 1 aliphatic heterocycles. The van der Waals surface area contributed by atoms with Crippen molar-refractivity contribution in [2.75, 3.05) is 13.2 Å². The van der Waals surface area contributed by atoms with Crippen LogP contribution in [0.2, 0.25) is 0 Å². The van der Waals surface area contributed by atoms with E-state index in [-0.39, 0.29) is 11.7 Å². The second-order valence-electron chi connectivity index (χ2n) is 7.92. The molecule has 0 spiro atoms. The first-order chi connectivity index (χ1) is 14.5. The summed E-state index contributed by atoms with van der Waals surface area (Å²) in [6.45, 7) is 6.76. The topological polar surface area (TPSA) is 57.4 Å². The minimum atomic E-state index is -0.0643. The molecule has 0 bridgehead atoms. The summed E-state index contributed by atoms with van der Waals surface area (Å²) in [7, 11) is 0. The molecule has 30 heavy (non-hydrogen) atoms. The summed E-state index contributed by atoms with van der Waals surface area (Å²) in [6, 6.07) is 10.3. The van der Waals surface area contributed by atoms with E-state index in [4.69, 9.17) is 17.0 Å². The SMILES string of the molecule is Cc1cc(C)c2cc(CN(Cc3cccs3)C(=S)NC[C@@H]3CCCO3)c(=O)[nH]c2c1. The lowest BCUT2D eigenvalue weighted by molar-refractivity contribution is 0.113. The molecule has 3 heterocycles. The van der Waals surface area contributed by atoms with Gasteiger partial charge in [-0.1, -0.05) is 12.1 Å². The van der Waals surface area contributed by atoms with E-state index in [9.17, 15) is 4.79 Å². The standard InChI is InChI=1S/C23H27N3O2S2/c1-15-9-16(2)20-11-17(22(27)25-21(20)10-15)13-26(14-19-6-4-8-30-19)23(29)24-12-18-5-3-7-28-18/h4,6,8-11,18H,3,5,7,12-14H2,1-2H3,(H,24,29)(H,25,27)/t18-/m0/s1. The molecule has 2 aromatic heterocycles. The highest BCUT2D eigenvalue weighted by molar-refractivity contribution is 7.80. The highest BCUT2D eigenvalue weighted by Crippen LogP contribution is 2.20. The van der Waals surface area contributed by atoms with Crippen molar-refractivity contribution in [3.05, 3.63) is 67.6 Å². The van der Waals surface area contributed by atoms with E-state index in [0.29, 0.717) is 30.3 Å². The molecule has 4 rings (SSSR count). The molecule has 5 nitrogen and oxygen atoms in total. The smallest absolute Gasteiger partial charge is 0.253 e. The van der Waals surface area contributed by atoms with Crippen molar-refractivity contribution in [2.45, 2.75) is 45.9 Å². The number of aromatic nitrogens is 1. The highest BCUT2D eigenvalue weighted by Gasteiger charge is 2.19. The molecule has 1 atom stereocenters. The number of aromatic amines is 1. The van der Waals surface area contributed by atoms with Gasteiger partial charge in [-0.05, 0) is 73.6 Å². The first kappa shape index (κ1) is 21.0. The summed E-state index contributed by atoms with van der Waals surface area (Å²) in [5.41, 5.74) is 3.83. The lowest BCUT2D eigenvalue weighted by Gasteiger charge is -2.26. The van der Waals surface area contributed by atoms with Crippen molar-refractivity contribution in [1.29, 1.82) is 0 Å². The van der Waals surface area contributed by atoms with Gasteiger partial charge in [-0.2, -0.15) is 0 Å². The number of hydrogen-bond donors (Lipinski definition) is 2. The average Bonchev–Trinajstić information content (AvgIpc) is 3.40. The maximum absolute atomic E-state index is 12.8. The number of H-pyrrole nitrogens is 1. The number of fused-ring (bicyclic) bond motifs is 1. The van der Waals surface area contributed by atoms with Crippen molar-refractivity contribution in [2.24, 2.45) is 0 Å². The van der Waals surface area contributed by atoms with Gasteiger partial charge in [0, 0.05) is 34.5 Å². The Morgan fingerprint density at radius 3 is 2.93 bits per heavy atom. The summed E-state index contributed by atoms with van der Waals surface area (Å²) in [5, 5.41) is 7.14. The lowest BCUT2D eigenvalue weighted by atomic mass is 10.0. The van der Waals surface area contributed by atoms with Gasteiger partial charge in [0.25, 0.3) is 5.56 Å². The molecule has 3 aromatic rings. The van der Waals surface area contributed by atoms with Crippen LogP contribution in [0.15, 0.2) is 40.5 Å². The Balaban J connectivity index is 1.58. The fourth-order valence-corrected chi connectivity index (χ4v) is 4.88. The highest BCUT2D eigenvalue weighted by atomic mass is 32.1. The van der Waals surface area contributed by atoms with Gasteiger partial charge >= 0.3 is 0 Å². The van der Waals surface area contributed by atoms with Crippen LogP contribution in [0, 0.1) is 13.8 Å². The predicted octanol–water partition coefficient (Wildman–Crippen LogP) is 4.26. The second kappa shape index (κ2) is 9.29. The van der Waals surface area contributed by atoms with E-state index >= 15 is 0 Å². The maximum Gasteiger partial charge on any atom is 0.253 e. The van der Waals surface area contributed by atoms with Crippen molar-refractivity contribution >= 4 is 39.6 Å². The van der Waals surface area contributed by atoms with Crippen LogP contribution in [-0.2, 0) is 17.8 Å². The summed E-state index contributed by atoms with van der Waals surface area (Å²) in [5.74, 6) is 0. The van der Waals surface area contributed by atoms with Crippen molar-refractivity contribution in [1.82, 2.24) is 15.2 Å². The molecule has 0 amide bonds. The lowest BCUT2D eigenvalue weighted by Crippen LogP contribution is -2.42. The summed E-state index contributed by atoms with van der Waals surface area (Å²) >= 11 is 7.41. The predicted molar refractivity (Wildman–Crippen MR) is 127 cm³/mol. The van der Waals surface area contributed by atoms with Crippen LogP contribution in [0.4, 0.5) is 0 Å². The third kappa shape index (κ3) is 4.91. The van der Waals surface area contributed by atoms with Gasteiger partial charge in [0.1, 0.15) is 0 Å². The Morgan fingerprint density at radius 1 is 1.33 bits per heavy atom. The molecule has 1 saturated heterocycles. The van der Waals surface area contributed by atoms with Gasteiger partial charge in [0.15, 0.2) is 5.11 Å². The normalized spacial score (nSPS) is 16.1. The Morgan fingerprint density at radius 2 is 2.20 bits per heavy atom. The Kier molecular flexibility index (Phi) is 6.51. The number of benzene rings is 1. The van der Waals surface area contributed by atoms with Gasteiger partial charge in [0.05, 0.1) is 19.2 Å². The minimum absolute atomic E-state index is 0.0643. The number of hydrogen-bond acceptors (Lipinski definition) is 4. The molecule has 1 fully saturated rings. The number of nitrogens with zero attached hydrogens (tertiary/aromatic N) is 1. The molecule has 0 aliphatic carbocycles. The van der Waals surface area contributed by atoms with Crippen LogP contribution < -0.4 is 10.9 Å². The summed E-state index contributed by atoms with van der Waals surface area (Å²) in [4.78, 5) is 19.2. The second-order valence-corrected chi connectivity index (χ2v) is 9.34. The molecule has 2 N–H and O–H groups in total. The van der Waals surface area contributed by atoms with E-state index in [1.165, 1.54) is 4.88 Å². The summed E-state index contributed by atoms with van der Waals surface area (Å²) < 4.78 is 5.70. The summed E-state index contributed by atoms with van der Waals surface area (Å²) in [6.07, 6.45) is 2.37. The van der Waals surface area contributed by atoms with Crippen LogP contribution in [0.3, 0.4) is 0 Å². The quantitative estimate of drug-likeness (QED) is 0.560. The zero-order chi connectivity index (χ0) is 21.1. The van der Waals surface area contributed by atoms with Crippen LogP contribution >= 0.6 is 23.6 Å². The van der Waals surface area contributed by atoms with Crippen LogP contribution in [0.1, 0.15) is 34.4 Å². The van der Waals surface area contributed by atoms with Gasteiger partial charge in [-0.25, -0.2) is 0 Å². The van der Waals surface area contributed by atoms with Crippen LogP contribution in [0.5, 0.6) is 0 Å². The number of thiocarbonyl (C=S) groups is 1. The number of pyridine rings is 1. The third-order valence-corrected chi connectivity index (χ3v) is 6.73. The molecule has 1 aromatic carbocycles. The van der Waals surface area contributed by atoms with Crippen LogP contribution in [0.25, 0.3) is 10.9 Å². The van der Waals surface area contributed by atoms with Gasteiger partial charge in [0.2, 0.25) is 0 Å². The van der Waals surface area contributed by atoms with E-state index in [0.717, 1.165) is 41.5 Å². The number of rotatable bonds is 6.